The van der Waals surface area contributed by atoms with Crippen molar-refractivity contribution in [1.82, 2.24) is 4.98 Å². The summed E-state index contributed by atoms with van der Waals surface area (Å²) in [6.45, 7) is 3.73. The van der Waals surface area contributed by atoms with Crippen LogP contribution in [0.15, 0.2) is 72.9 Å². The average molecular weight is 323 g/mol. The Morgan fingerprint density at radius 1 is 0.913 bits per heavy atom. The Morgan fingerprint density at radius 3 is 2.48 bits per heavy atom. The monoisotopic (exact) mass is 322 g/mol. The highest BCUT2D eigenvalue weighted by Gasteiger charge is 2.11. The number of nitrogens with zero attached hydrogens (tertiary/aromatic N) is 2. The van der Waals surface area contributed by atoms with E-state index in [1.807, 2.05) is 42.6 Å². The van der Waals surface area contributed by atoms with Crippen molar-refractivity contribution in [2.75, 3.05) is 4.90 Å². The lowest BCUT2D eigenvalue weighted by atomic mass is 10.1. The summed E-state index contributed by atoms with van der Waals surface area (Å²) >= 11 is 6.13. The van der Waals surface area contributed by atoms with Crippen LogP contribution in [0.3, 0.4) is 0 Å². The molecule has 3 aromatic rings. The van der Waals surface area contributed by atoms with Crippen molar-refractivity contribution in [3.05, 3.63) is 94.6 Å². The molecule has 1 aromatic heterocycles. The molecule has 0 spiro atoms. The number of benzene rings is 2. The summed E-state index contributed by atoms with van der Waals surface area (Å²) in [6, 6.07) is 22.5. The molecule has 0 aliphatic heterocycles. The van der Waals surface area contributed by atoms with E-state index in [1.54, 1.807) is 0 Å². The molecular weight excluding hydrogens is 304 g/mol. The van der Waals surface area contributed by atoms with Crippen LogP contribution in [-0.4, -0.2) is 4.98 Å². The first-order valence-electron chi connectivity index (χ1n) is 7.67. The maximum atomic E-state index is 6.13. The Kier molecular flexibility index (Phi) is 4.94. The molecule has 0 aliphatic rings. The van der Waals surface area contributed by atoms with Crippen molar-refractivity contribution in [3.8, 4) is 0 Å². The van der Waals surface area contributed by atoms with E-state index in [0.717, 1.165) is 23.9 Å². The molecule has 0 unspecified atom stereocenters. The zero-order chi connectivity index (χ0) is 16.1. The molecule has 1 heterocycles. The molecule has 0 bridgehead atoms. The molecule has 0 atom stereocenters. The van der Waals surface area contributed by atoms with Crippen molar-refractivity contribution < 1.29 is 0 Å². The molecule has 23 heavy (non-hydrogen) atoms. The first kappa shape index (κ1) is 15.6. The van der Waals surface area contributed by atoms with Crippen molar-refractivity contribution in [1.29, 1.82) is 0 Å². The molecule has 0 saturated carbocycles. The second-order valence-corrected chi connectivity index (χ2v) is 6.04. The minimum Gasteiger partial charge on any atom is -0.348 e. The molecule has 0 fully saturated rings. The van der Waals surface area contributed by atoms with Gasteiger partial charge in [-0.3, -0.25) is 0 Å². The van der Waals surface area contributed by atoms with Crippen LogP contribution in [0, 0.1) is 6.92 Å². The second-order valence-electron chi connectivity index (χ2n) is 5.60. The fraction of sp³-hybridized carbons (Fsp3) is 0.150. The van der Waals surface area contributed by atoms with Gasteiger partial charge in [0.15, 0.2) is 0 Å². The largest absolute Gasteiger partial charge is 0.348 e. The summed E-state index contributed by atoms with van der Waals surface area (Å²) in [5.74, 6) is 0.968. The molecule has 0 aliphatic carbocycles. The van der Waals surface area contributed by atoms with Gasteiger partial charge in [-0.05, 0) is 47.9 Å². The van der Waals surface area contributed by atoms with Crippen molar-refractivity contribution >= 4 is 17.4 Å². The van der Waals surface area contributed by atoms with E-state index in [4.69, 9.17) is 11.6 Å². The zero-order valence-electron chi connectivity index (χ0n) is 13.1. The van der Waals surface area contributed by atoms with Crippen LogP contribution in [0.2, 0.25) is 5.02 Å². The quantitative estimate of drug-likeness (QED) is 0.637. The first-order valence-corrected chi connectivity index (χ1v) is 8.05. The molecule has 2 nitrogen and oxygen atoms in total. The predicted molar refractivity (Wildman–Crippen MR) is 96.8 cm³/mol. The van der Waals surface area contributed by atoms with E-state index in [9.17, 15) is 0 Å². The average Bonchev–Trinajstić information content (AvgIpc) is 2.57. The minimum absolute atomic E-state index is 0.763. The Hall–Kier alpha value is -2.32. The number of halogens is 1. The lowest BCUT2D eigenvalue weighted by molar-refractivity contribution is 0.780. The highest BCUT2D eigenvalue weighted by atomic mass is 35.5. The third-order valence-corrected chi connectivity index (χ3v) is 4.09. The van der Waals surface area contributed by atoms with Gasteiger partial charge >= 0.3 is 0 Å². The molecule has 3 rings (SSSR count). The molecule has 0 N–H and O–H groups in total. The van der Waals surface area contributed by atoms with Gasteiger partial charge in [0, 0.05) is 24.3 Å². The van der Waals surface area contributed by atoms with Crippen LogP contribution in [0.4, 0.5) is 5.82 Å². The molecular formula is C20H19ClN2. The summed E-state index contributed by atoms with van der Waals surface area (Å²) in [7, 11) is 0. The SMILES string of the molecule is Cc1ccccc1CN(Cc1cccc(Cl)c1)c1ccccn1. The highest BCUT2D eigenvalue weighted by molar-refractivity contribution is 6.30. The van der Waals surface area contributed by atoms with Crippen molar-refractivity contribution in [3.63, 3.8) is 0 Å². The Morgan fingerprint density at radius 2 is 1.74 bits per heavy atom. The lowest BCUT2D eigenvalue weighted by Gasteiger charge is -2.25. The smallest absolute Gasteiger partial charge is 0.129 e. The highest BCUT2D eigenvalue weighted by Crippen LogP contribution is 2.20. The molecule has 0 radical (unpaired) electrons. The van der Waals surface area contributed by atoms with E-state index in [-0.39, 0.29) is 0 Å². The summed E-state index contributed by atoms with van der Waals surface area (Å²) in [4.78, 5) is 6.79. The van der Waals surface area contributed by atoms with Gasteiger partial charge in [-0.1, -0.05) is 54.1 Å². The van der Waals surface area contributed by atoms with E-state index >= 15 is 0 Å². The fourth-order valence-electron chi connectivity index (χ4n) is 2.61. The third kappa shape index (κ3) is 4.11. The predicted octanol–water partition coefficient (Wildman–Crippen LogP) is 5.25. The van der Waals surface area contributed by atoms with Gasteiger partial charge in [0.1, 0.15) is 5.82 Å². The van der Waals surface area contributed by atoms with E-state index in [1.165, 1.54) is 16.7 Å². The number of aryl methyl sites for hydroxylation is 1. The van der Waals surface area contributed by atoms with Crippen LogP contribution in [0.25, 0.3) is 0 Å². The lowest BCUT2D eigenvalue weighted by Crippen LogP contribution is -2.23. The molecule has 116 valence electrons. The number of rotatable bonds is 5. The van der Waals surface area contributed by atoms with Crippen LogP contribution in [0.1, 0.15) is 16.7 Å². The Labute approximate surface area is 142 Å². The number of hydrogen-bond donors (Lipinski definition) is 0. The number of pyridine rings is 1. The maximum absolute atomic E-state index is 6.13. The summed E-state index contributed by atoms with van der Waals surface area (Å²) in [6.07, 6.45) is 1.83. The number of anilines is 1. The van der Waals surface area contributed by atoms with Gasteiger partial charge in [-0.2, -0.15) is 0 Å². The van der Waals surface area contributed by atoms with E-state index in [0.29, 0.717) is 0 Å². The van der Waals surface area contributed by atoms with Gasteiger partial charge in [0.05, 0.1) is 0 Å². The van der Waals surface area contributed by atoms with Crippen LogP contribution >= 0.6 is 11.6 Å². The van der Waals surface area contributed by atoms with E-state index < -0.39 is 0 Å². The molecule has 3 heteroatoms. The maximum Gasteiger partial charge on any atom is 0.129 e. The summed E-state index contributed by atoms with van der Waals surface area (Å²) < 4.78 is 0. The Balaban J connectivity index is 1.89. The second kappa shape index (κ2) is 7.30. The van der Waals surface area contributed by atoms with Crippen molar-refractivity contribution in [2.45, 2.75) is 20.0 Å². The van der Waals surface area contributed by atoms with Gasteiger partial charge in [-0.15, -0.1) is 0 Å². The summed E-state index contributed by atoms with van der Waals surface area (Å²) in [5, 5.41) is 0.763. The number of aromatic nitrogens is 1. The zero-order valence-corrected chi connectivity index (χ0v) is 13.9. The van der Waals surface area contributed by atoms with E-state index in [2.05, 4.69) is 47.1 Å². The first-order chi connectivity index (χ1) is 11.2. The topological polar surface area (TPSA) is 16.1 Å². The standard InChI is InChI=1S/C20H19ClN2/c1-16-7-2-3-9-18(16)15-23(20-11-4-5-12-22-20)14-17-8-6-10-19(21)13-17/h2-13H,14-15H2,1H3. The van der Waals surface area contributed by atoms with Crippen LogP contribution in [-0.2, 0) is 13.1 Å². The van der Waals surface area contributed by atoms with Gasteiger partial charge in [0.2, 0.25) is 0 Å². The minimum atomic E-state index is 0.763. The molecule has 2 aromatic carbocycles. The third-order valence-electron chi connectivity index (χ3n) is 3.86. The number of hydrogen-bond acceptors (Lipinski definition) is 2. The summed E-state index contributed by atoms with van der Waals surface area (Å²) in [5.41, 5.74) is 3.77. The van der Waals surface area contributed by atoms with Gasteiger partial charge < -0.3 is 4.90 Å². The Bertz CT molecular complexity index is 771. The normalized spacial score (nSPS) is 10.5. The van der Waals surface area contributed by atoms with Crippen LogP contribution < -0.4 is 4.90 Å². The van der Waals surface area contributed by atoms with Gasteiger partial charge in [-0.25, -0.2) is 4.98 Å². The van der Waals surface area contributed by atoms with Crippen LogP contribution in [0.5, 0.6) is 0 Å². The molecule has 0 amide bonds. The fourth-order valence-corrected chi connectivity index (χ4v) is 2.82. The van der Waals surface area contributed by atoms with Gasteiger partial charge in [0.25, 0.3) is 0 Å². The molecule has 0 saturated heterocycles. The van der Waals surface area contributed by atoms with Crippen molar-refractivity contribution in [2.24, 2.45) is 0 Å².